The molecule has 2 aliphatic rings. The molecule has 1 amide bonds. The lowest BCUT2D eigenvalue weighted by Crippen LogP contribution is -2.33. The normalized spacial score (nSPS) is 28.0. The Hall–Kier alpha value is -1.46. The number of hydrogen-bond acceptors (Lipinski definition) is 4. The van der Waals surface area contributed by atoms with Crippen molar-refractivity contribution < 1.29 is 9.53 Å². The van der Waals surface area contributed by atoms with Gasteiger partial charge in [0.05, 0.1) is 6.10 Å². The maximum atomic E-state index is 12.2. The molecule has 0 aliphatic carbocycles. The molecule has 0 bridgehead atoms. The van der Waals surface area contributed by atoms with Crippen molar-refractivity contribution in [1.82, 2.24) is 15.2 Å². The van der Waals surface area contributed by atoms with E-state index in [9.17, 15) is 4.79 Å². The third-order valence-corrected chi connectivity index (χ3v) is 5.33. The first kappa shape index (κ1) is 17.4. The summed E-state index contributed by atoms with van der Waals surface area (Å²) in [4.78, 5) is 18.8. The molecule has 0 spiro atoms. The molecule has 1 aromatic rings. The fourth-order valence-electron chi connectivity index (χ4n) is 3.98. The minimum absolute atomic E-state index is 0.156. The van der Waals surface area contributed by atoms with Crippen molar-refractivity contribution in [3.63, 3.8) is 0 Å². The molecular weight excluding hydrogens is 302 g/mol. The molecule has 5 nitrogen and oxygen atoms in total. The number of nitrogens with zero attached hydrogens (tertiary/aromatic N) is 2. The van der Waals surface area contributed by atoms with E-state index in [1.165, 1.54) is 12.0 Å². The van der Waals surface area contributed by atoms with Gasteiger partial charge in [-0.1, -0.05) is 6.07 Å². The SMILES string of the molecule is CN1CC[C@@H](CNC(=O)CCC2CCCCO2)[C@@H]1c1cccnc1. The molecule has 1 unspecified atom stereocenters. The van der Waals surface area contributed by atoms with Gasteiger partial charge in [-0.3, -0.25) is 14.7 Å². The number of carbonyl (C=O) groups is 1. The number of likely N-dealkylation sites (tertiary alicyclic amines) is 1. The van der Waals surface area contributed by atoms with Crippen molar-refractivity contribution in [2.45, 2.75) is 50.7 Å². The number of amides is 1. The Morgan fingerprint density at radius 2 is 2.33 bits per heavy atom. The third kappa shape index (κ3) is 4.54. The van der Waals surface area contributed by atoms with Crippen LogP contribution in [0.25, 0.3) is 0 Å². The Balaban J connectivity index is 1.45. The van der Waals surface area contributed by atoms with Crippen molar-refractivity contribution in [3.8, 4) is 0 Å². The van der Waals surface area contributed by atoms with Crippen LogP contribution in [0.4, 0.5) is 0 Å². The summed E-state index contributed by atoms with van der Waals surface area (Å²) in [5.41, 5.74) is 1.24. The summed E-state index contributed by atoms with van der Waals surface area (Å²) in [7, 11) is 2.15. The Kier molecular flexibility index (Phi) is 6.21. The lowest BCUT2D eigenvalue weighted by atomic mass is 9.94. The Morgan fingerprint density at radius 1 is 1.42 bits per heavy atom. The highest BCUT2D eigenvalue weighted by atomic mass is 16.5. The van der Waals surface area contributed by atoms with E-state index in [1.54, 1.807) is 0 Å². The van der Waals surface area contributed by atoms with Gasteiger partial charge in [-0.2, -0.15) is 0 Å². The Labute approximate surface area is 144 Å². The molecule has 2 aliphatic heterocycles. The number of ether oxygens (including phenoxy) is 1. The van der Waals surface area contributed by atoms with Crippen molar-refractivity contribution in [1.29, 1.82) is 0 Å². The predicted molar refractivity (Wildman–Crippen MR) is 93.5 cm³/mol. The molecule has 3 heterocycles. The van der Waals surface area contributed by atoms with Gasteiger partial charge < -0.3 is 10.1 Å². The molecule has 3 atom stereocenters. The number of aromatic nitrogens is 1. The van der Waals surface area contributed by atoms with E-state index in [-0.39, 0.29) is 12.0 Å². The summed E-state index contributed by atoms with van der Waals surface area (Å²) in [5.74, 6) is 0.609. The highest BCUT2D eigenvalue weighted by molar-refractivity contribution is 5.75. The van der Waals surface area contributed by atoms with Gasteiger partial charge in [-0.05, 0) is 63.2 Å². The molecule has 1 aromatic heterocycles. The van der Waals surface area contributed by atoms with E-state index in [0.29, 0.717) is 18.4 Å². The molecule has 132 valence electrons. The predicted octanol–water partition coefficient (Wildman–Crippen LogP) is 2.54. The summed E-state index contributed by atoms with van der Waals surface area (Å²) in [6.45, 7) is 2.66. The molecule has 0 aromatic carbocycles. The zero-order chi connectivity index (χ0) is 16.8. The highest BCUT2D eigenvalue weighted by Gasteiger charge is 2.33. The van der Waals surface area contributed by atoms with Gasteiger partial charge in [0, 0.05) is 38.0 Å². The molecular formula is C19H29N3O2. The molecule has 5 heteroatoms. The van der Waals surface area contributed by atoms with E-state index < -0.39 is 0 Å². The Morgan fingerprint density at radius 3 is 3.08 bits per heavy atom. The van der Waals surface area contributed by atoms with Gasteiger partial charge in [0.2, 0.25) is 5.91 Å². The van der Waals surface area contributed by atoms with Crippen LogP contribution in [0.15, 0.2) is 24.5 Å². The van der Waals surface area contributed by atoms with Gasteiger partial charge in [0.15, 0.2) is 0 Å². The Bertz CT molecular complexity index is 517. The van der Waals surface area contributed by atoms with Gasteiger partial charge in [0.1, 0.15) is 0 Å². The standard InChI is InChI=1S/C19H29N3O2/c1-22-11-9-16(19(22)15-5-4-10-20-13-15)14-21-18(23)8-7-17-6-2-3-12-24-17/h4-5,10,13,16-17,19H,2-3,6-9,11-12,14H2,1H3,(H,21,23)/t16-,17?,19-/m0/s1. The van der Waals surface area contributed by atoms with Crippen LogP contribution in [0.3, 0.4) is 0 Å². The summed E-state index contributed by atoms with van der Waals surface area (Å²) >= 11 is 0. The largest absolute Gasteiger partial charge is 0.378 e. The minimum Gasteiger partial charge on any atom is -0.378 e. The molecule has 0 saturated carbocycles. The van der Waals surface area contributed by atoms with E-state index in [1.807, 2.05) is 18.5 Å². The quantitative estimate of drug-likeness (QED) is 0.870. The molecule has 0 radical (unpaired) electrons. The molecule has 2 fully saturated rings. The first-order chi connectivity index (χ1) is 11.7. The van der Waals surface area contributed by atoms with Crippen molar-refractivity contribution in [3.05, 3.63) is 30.1 Å². The second-order valence-electron chi connectivity index (χ2n) is 7.09. The fraction of sp³-hybridized carbons (Fsp3) is 0.684. The van der Waals surface area contributed by atoms with E-state index >= 15 is 0 Å². The maximum Gasteiger partial charge on any atom is 0.220 e. The van der Waals surface area contributed by atoms with Gasteiger partial charge in [-0.15, -0.1) is 0 Å². The summed E-state index contributed by atoms with van der Waals surface area (Å²) < 4.78 is 5.70. The average Bonchev–Trinajstić information content (AvgIpc) is 3.00. The van der Waals surface area contributed by atoms with Crippen molar-refractivity contribution >= 4 is 5.91 Å². The first-order valence-corrected chi connectivity index (χ1v) is 9.22. The zero-order valence-corrected chi connectivity index (χ0v) is 14.6. The van der Waals surface area contributed by atoms with Crippen LogP contribution in [-0.2, 0) is 9.53 Å². The lowest BCUT2D eigenvalue weighted by molar-refractivity contribution is -0.122. The van der Waals surface area contributed by atoms with Crippen LogP contribution < -0.4 is 5.32 Å². The topological polar surface area (TPSA) is 54.5 Å². The minimum atomic E-state index is 0.156. The van der Waals surface area contributed by atoms with E-state index in [0.717, 1.165) is 45.4 Å². The summed E-state index contributed by atoms with van der Waals surface area (Å²) in [6, 6.07) is 4.47. The van der Waals surface area contributed by atoms with Crippen LogP contribution in [0, 0.1) is 5.92 Å². The van der Waals surface area contributed by atoms with Crippen molar-refractivity contribution in [2.24, 2.45) is 5.92 Å². The highest BCUT2D eigenvalue weighted by Crippen LogP contribution is 2.35. The van der Waals surface area contributed by atoms with Gasteiger partial charge >= 0.3 is 0 Å². The summed E-state index contributed by atoms with van der Waals surface area (Å²) in [5, 5.41) is 3.14. The lowest BCUT2D eigenvalue weighted by Gasteiger charge is -2.25. The zero-order valence-electron chi connectivity index (χ0n) is 14.6. The number of pyridine rings is 1. The van der Waals surface area contributed by atoms with Crippen LogP contribution in [0.2, 0.25) is 0 Å². The van der Waals surface area contributed by atoms with Gasteiger partial charge in [-0.25, -0.2) is 0 Å². The van der Waals surface area contributed by atoms with E-state index in [4.69, 9.17) is 4.74 Å². The van der Waals surface area contributed by atoms with Crippen LogP contribution in [-0.4, -0.2) is 48.6 Å². The number of rotatable bonds is 6. The van der Waals surface area contributed by atoms with Crippen LogP contribution in [0.5, 0.6) is 0 Å². The second kappa shape index (κ2) is 8.58. The summed E-state index contributed by atoms with van der Waals surface area (Å²) in [6.07, 6.45) is 10.1. The van der Waals surface area contributed by atoms with E-state index in [2.05, 4.69) is 28.3 Å². The smallest absolute Gasteiger partial charge is 0.220 e. The number of hydrogen-bond donors (Lipinski definition) is 1. The first-order valence-electron chi connectivity index (χ1n) is 9.22. The van der Waals surface area contributed by atoms with Gasteiger partial charge in [0.25, 0.3) is 0 Å². The van der Waals surface area contributed by atoms with Crippen molar-refractivity contribution in [2.75, 3.05) is 26.7 Å². The number of nitrogens with one attached hydrogen (secondary N) is 1. The molecule has 24 heavy (non-hydrogen) atoms. The number of carbonyl (C=O) groups excluding carboxylic acids is 1. The van der Waals surface area contributed by atoms with Crippen LogP contribution >= 0.6 is 0 Å². The monoisotopic (exact) mass is 331 g/mol. The maximum absolute atomic E-state index is 12.2. The molecule has 2 saturated heterocycles. The van der Waals surface area contributed by atoms with Crippen LogP contribution in [0.1, 0.15) is 50.1 Å². The fourth-order valence-corrected chi connectivity index (χ4v) is 3.98. The second-order valence-corrected chi connectivity index (χ2v) is 7.09. The molecule has 1 N–H and O–H groups in total. The average molecular weight is 331 g/mol. The third-order valence-electron chi connectivity index (χ3n) is 5.33. The molecule has 3 rings (SSSR count).